The highest BCUT2D eigenvalue weighted by molar-refractivity contribution is 7.18. The van der Waals surface area contributed by atoms with Gasteiger partial charge in [0.05, 0.1) is 7.11 Å². The molecule has 0 unspecified atom stereocenters. The molecule has 0 radical (unpaired) electrons. The Labute approximate surface area is 118 Å². The highest BCUT2D eigenvalue weighted by Crippen LogP contribution is 2.18. The van der Waals surface area contributed by atoms with E-state index in [0.29, 0.717) is 21.5 Å². The Kier molecular flexibility index (Phi) is 3.07. The van der Waals surface area contributed by atoms with Gasteiger partial charge < -0.3 is 10.1 Å². The Balaban J connectivity index is 1.80. The summed E-state index contributed by atoms with van der Waals surface area (Å²) in [6.45, 7) is 1.78. The quantitative estimate of drug-likeness (QED) is 0.794. The number of fused-ring (bicyclic) bond motifs is 1. The summed E-state index contributed by atoms with van der Waals surface area (Å²) in [6, 6.07) is 7.08. The zero-order valence-corrected chi connectivity index (χ0v) is 11.6. The Morgan fingerprint density at radius 1 is 1.30 bits per heavy atom. The fourth-order valence-electron chi connectivity index (χ4n) is 1.67. The summed E-state index contributed by atoms with van der Waals surface area (Å²) in [4.78, 5) is 12.7. The number of benzene rings is 1. The molecule has 0 aliphatic rings. The van der Waals surface area contributed by atoms with E-state index in [4.69, 9.17) is 4.74 Å². The lowest BCUT2D eigenvalue weighted by Gasteiger charge is -2.04. The van der Waals surface area contributed by atoms with Gasteiger partial charge in [-0.05, 0) is 31.2 Å². The maximum absolute atomic E-state index is 12.1. The van der Waals surface area contributed by atoms with E-state index in [0.717, 1.165) is 5.75 Å². The number of anilines is 1. The number of aromatic nitrogens is 4. The number of ether oxygens (including phenoxy) is 1. The monoisotopic (exact) mass is 289 g/mol. The van der Waals surface area contributed by atoms with Gasteiger partial charge in [-0.1, -0.05) is 11.3 Å². The predicted octanol–water partition coefficient (Wildman–Crippen LogP) is 1.76. The zero-order chi connectivity index (χ0) is 14.1. The summed E-state index contributed by atoms with van der Waals surface area (Å²) in [7, 11) is 1.59. The van der Waals surface area contributed by atoms with Crippen molar-refractivity contribution in [2.24, 2.45) is 0 Å². The average molecular weight is 289 g/mol. The smallest absolute Gasteiger partial charge is 0.286 e. The highest BCUT2D eigenvalue weighted by Gasteiger charge is 2.15. The van der Waals surface area contributed by atoms with Gasteiger partial charge in [0.25, 0.3) is 5.91 Å². The first-order chi connectivity index (χ1) is 9.67. The molecule has 8 heteroatoms. The topological polar surface area (TPSA) is 81.4 Å². The Bertz CT molecular complexity index is 762. The fourth-order valence-corrected chi connectivity index (χ4v) is 2.45. The third-order valence-electron chi connectivity index (χ3n) is 2.69. The first kappa shape index (κ1) is 12.5. The summed E-state index contributed by atoms with van der Waals surface area (Å²) < 4.78 is 6.61. The first-order valence-corrected chi connectivity index (χ1v) is 6.63. The summed E-state index contributed by atoms with van der Waals surface area (Å²) in [5, 5.41) is 15.1. The van der Waals surface area contributed by atoms with Crippen LogP contribution in [0, 0.1) is 6.92 Å². The molecule has 20 heavy (non-hydrogen) atoms. The standard InChI is InChI=1S/C12H11N5O2S/c1-7-14-15-12-17(7)16-11(20-12)10(18)13-8-3-5-9(19-2)6-4-8/h3-6H,1-2H3,(H,13,18). The molecule has 3 aromatic rings. The van der Waals surface area contributed by atoms with Gasteiger partial charge in [-0.2, -0.15) is 4.52 Å². The molecule has 0 aliphatic carbocycles. The van der Waals surface area contributed by atoms with Crippen LogP contribution >= 0.6 is 11.3 Å². The average Bonchev–Trinajstić information content (AvgIpc) is 3.02. The number of nitrogens with zero attached hydrogens (tertiary/aromatic N) is 4. The lowest BCUT2D eigenvalue weighted by atomic mass is 10.3. The summed E-state index contributed by atoms with van der Waals surface area (Å²) in [5.41, 5.74) is 0.679. The molecule has 0 bridgehead atoms. The minimum absolute atomic E-state index is 0.273. The van der Waals surface area contributed by atoms with Crippen molar-refractivity contribution in [1.29, 1.82) is 0 Å². The number of nitrogens with one attached hydrogen (secondary N) is 1. The lowest BCUT2D eigenvalue weighted by molar-refractivity contribution is 0.102. The van der Waals surface area contributed by atoms with Gasteiger partial charge in [0, 0.05) is 5.69 Å². The number of hydrogen-bond donors (Lipinski definition) is 1. The maximum atomic E-state index is 12.1. The molecule has 1 N–H and O–H groups in total. The molecule has 0 spiro atoms. The zero-order valence-electron chi connectivity index (χ0n) is 10.8. The molecule has 102 valence electrons. The van der Waals surface area contributed by atoms with Crippen LogP contribution in [0.15, 0.2) is 24.3 Å². The predicted molar refractivity (Wildman–Crippen MR) is 74.3 cm³/mol. The number of carbonyl (C=O) groups excluding carboxylic acids is 1. The van der Waals surface area contributed by atoms with Crippen LogP contribution in [-0.2, 0) is 0 Å². The largest absolute Gasteiger partial charge is 0.497 e. The van der Waals surface area contributed by atoms with E-state index in [1.807, 2.05) is 0 Å². The van der Waals surface area contributed by atoms with E-state index in [2.05, 4.69) is 20.6 Å². The number of rotatable bonds is 3. The van der Waals surface area contributed by atoms with Gasteiger partial charge >= 0.3 is 0 Å². The number of aryl methyl sites for hydroxylation is 1. The van der Waals surface area contributed by atoms with Crippen LogP contribution in [-0.4, -0.2) is 32.8 Å². The van der Waals surface area contributed by atoms with Crippen molar-refractivity contribution in [3.05, 3.63) is 35.1 Å². The van der Waals surface area contributed by atoms with Crippen LogP contribution < -0.4 is 10.1 Å². The summed E-state index contributed by atoms with van der Waals surface area (Å²) in [6.07, 6.45) is 0. The second-order valence-electron chi connectivity index (χ2n) is 4.03. The molecule has 0 fully saturated rings. The van der Waals surface area contributed by atoms with Gasteiger partial charge in [-0.25, -0.2) is 0 Å². The molecule has 0 saturated carbocycles. The highest BCUT2D eigenvalue weighted by atomic mass is 32.1. The van der Waals surface area contributed by atoms with Gasteiger partial charge in [0.15, 0.2) is 5.82 Å². The first-order valence-electron chi connectivity index (χ1n) is 5.81. The van der Waals surface area contributed by atoms with Gasteiger partial charge in [-0.3, -0.25) is 4.79 Å². The Morgan fingerprint density at radius 2 is 2.05 bits per heavy atom. The molecule has 3 rings (SSSR count). The van der Waals surface area contributed by atoms with Gasteiger partial charge in [0.1, 0.15) is 5.75 Å². The third kappa shape index (κ3) is 2.21. The van der Waals surface area contributed by atoms with Crippen molar-refractivity contribution >= 4 is 27.9 Å². The molecule has 0 aliphatic heterocycles. The van der Waals surface area contributed by atoms with Gasteiger partial charge in [-0.15, -0.1) is 15.3 Å². The SMILES string of the molecule is COc1ccc(NC(=O)c2nn3c(C)nnc3s2)cc1. The third-order valence-corrected chi connectivity index (χ3v) is 3.59. The number of amides is 1. The van der Waals surface area contributed by atoms with Crippen molar-refractivity contribution < 1.29 is 9.53 Å². The number of carbonyl (C=O) groups is 1. The van der Waals surface area contributed by atoms with E-state index in [1.54, 1.807) is 42.8 Å². The van der Waals surface area contributed by atoms with E-state index in [-0.39, 0.29) is 5.91 Å². The number of hydrogen-bond acceptors (Lipinski definition) is 6. The van der Waals surface area contributed by atoms with Crippen LogP contribution in [0.5, 0.6) is 5.75 Å². The van der Waals surface area contributed by atoms with Gasteiger partial charge in [0.2, 0.25) is 9.97 Å². The Hall–Kier alpha value is -2.48. The van der Waals surface area contributed by atoms with Crippen molar-refractivity contribution in [3.63, 3.8) is 0 Å². The molecule has 0 atom stereocenters. The second kappa shape index (κ2) is 4.89. The van der Waals surface area contributed by atoms with E-state index >= 15 is 0 Å². The van der Waals surface area contributed by atoms with E-state index in [9.17, 15) is 4.79 Å². The number of methoxy groups -OCH3 is 1. The van der Waals surface area contributed by atoms with Crippen molar-refractivity contribution in [3.8, 4) is 5.75 Å². The van der Waals surface area contributed by atoms with Crippen LogP contribution in [0.25, 0.3) is 4.96 Å². The normalized spacial score (nSPS) is 10.7. The molecule has 2 aromatic heterocycles. The van der Waals surface area contributed by atoms with Crippen LogP contribution in [0.2, 0.25) is 0 Å². The molecule has 0 saturated heterocycles. The molecule has 2 heterocycles. The molecular weight excluding hydrogens is 278 g/mol. The van der Waals surface area contributed by atoms with Crippen molar-refractivity contribution in [2.45, 2.75) is 6.92 Å². The Morgan fingerprint density at radius 3 is 2.70 bits per heavy atom. The molecule has 1 amide bonds. The van der Waals surface area contributed by atoms with Crippen molar-refractivity contribution in [2.75, 3.05) is 12.4 Å². The summed E-state index contributed by atoms with van der Waals surface area (Å²) in [5.74, 6) is 1.11. The molecular formula is C12H11N5O2S. The van der Waals surface area contributed by atoms with Crippen molar-refractivity contribution in [1.82, 2.24) is 19.8 Å². The molecule has 7 nitrogen and oxygen atoms in total. The van der Waals surface area contributed by atoms with Crippen LogP contribution in [0.1, 0.15) is 15.6 Å². The maximum Gasteiger partial charge on any atom is 0.286 e. The minimum atomic E-state index is -0.273. The van der Waals surface area contributed by atoms with Crippen LogP contribution in [0.3, 0.4) is 0 Å². The van der Waals surface area contributed by atoms with Crippen LogP contribution in [0.4, 0.5) is 5.69 Å². The minimum Gasteiger partial charge on any atom is -0.497 e. The molecule has 1 aromatic carbocycles. The second-order valence-corrected chi connectivity index (χ2v) is 4.99. The lowest BCUT2D eigenvalue weighted by Crippen LogP contribution is -2.12. The summed E-state index contributed by atoms with van der Waals surface area (Å²) >= 11 is 1.19. The fraction of sp³-hybridized carbons (Fsp3) is 0.167. The van der Waals surface area contributed by atoms with E-state index < -0.39 is 0 Å². The van der Waals surface area contributed by atoms with E-state index in [1.165, 1.54) is 11.3 Å².